The van der Waals surface area contributed by atoms with Crippen LogP contribution in [0, 0.1) is 0 Å². The highest BCUT2D eigenvalue weighted by Gasteiger charge is 2.15. The number of carboxylic acid groups (broad SMARTS) is 1. The fourth-order valence-electron chi connectivity index (χ4n) is 2.49. The first-order chi connectivity index (χ1) is 10.8. The van der Waals surface area contributed by atoms with Crippen LogP contribution in [0.4, 0.5) is 5.69 Å². The molecule has 0 radical (unpaired) electrons. The zero-order chi connectivity index (χ0) is 17.0. The van der Waals surface area contributed by atoms with Gasteiger partial charge < -0.3 is 10.4 Å². The monoisotopic (exact) mass is 337 g/mol. The second-order valence-corrected chi connectivity index (χ2v) is 7.67. The van der Waals surface area contributed by atoms with E-state index in [4.69, 9.17) is 5.11 Å². The summed E-state index contributed by atoms with van der Waals surface area (Å²) in [7, 11) is -3.57. The number of benzene rings is 1. The molecule has 2 rings (SSSR count). The summed E-state index contributed by atoms with van der Waals surface area (Å²) < 4.78 is 23.3. The molecule has 0 heterocycles. The minimum absolute atomic E-state index is 0.135. The number of carboxylic acids is 1. The summed E-state index contributed by atoms with van der Waals surface area (Å²) in [6, 6.07) is 3.61. The minimum Gasteiger partial charge on any atom is -0.478 e. The van der Waals surface area contributed by atoms with Gasteiger partial charge in [-0.05, 0) is 43.9 Å². The maximum atomic E-state index is 12.1. The summed E-state index contributed by atoms with van der Waals surface area (Å²) in [6.07, 6.45) is 7.33. The Kier molecular flexibility index (Phi) is 5.20. The molecule has 0 aliphatic heterocycles. The lowest BCUT2D eigenvalue weighted by Gasteiger charge is -2.13. The Morgan fingerprint density at radius 3 is 2.52 bits per heavy atom. The molecule has 1 aliphatic rings. The first-order valence-corrected chi connectivity index (χ1v) is 9.21. The van der Waals surface area contributed by atoms with Crippen LogP contribution in [0.1, 0.15) is 42.5 Å². The Bertz CT molecular complexity index is 765. The van der Waals surface area contributed by atoms with Crippen molar-refractivity contribution in [3.63, 3.8) is 0 Å². The van der Waals surface area contributed by atoms with E-state index < -0.39 is 15.8 Å². The molecule has 0 saturated heterocycles. The van der Waals surface area contributed by atoms with Gasteiger partial charge in [-0.3, -0.25) is 4.79 Å². The number of nitrogens with one attached hydrogen (secondary N) is 1. The van der Waals surface area contributed by atoms with Gasteiger partial charge in [0.25, 0.3) is 0 Å². The number of carbonyl (C=O) groups is 2. The van der Waals surface area contributed by atoms with Crippen molar-refractivity contribution in [3.05, 3.63) is 35.4 Å². The lowest BCUT2D eigenvalue weighted by Crippen LogP contribution is -2.14. The van der Waals surface area contributed by atoms with Crippen molar-refractivity contribution < 1.29 is 23.1 Å². The number of carbonyl (C=O) groups excluding carboxylic acids is 1. The Hall–Kier alpha value is -2.15. The molecule has 0 unspecified atom stereocenters. The zero-order valence-electron chi connectivity index (χ0n) is 12.8. The third kappa shape index (κ3) is 4.92. The smallest absolute Gasteiger partial charge is 0.335 e. The maximum Gasteiger partial charge on any atom is 0.335 e. The van der Waals surface area contributed by atoms with Crippen LogP contribution in [0.3, 0.4) is 0 Å². The second kappa shape index (κ2) is 6.95. The van der Waals surface area contributed by atoms with Crippen LogP contribution in [0.2, 0.25) is 0 Å². The van der Waals surface area contributed by atoms with Crippen LogP contribution in [-0.2, 0) is 14.6 Å². The Labute approximate surface area is 135 Å². The third-order valence-corrected chi connectivity index (χ3v) is 4.73. The number of hydrogen-bond acceptors (Lipinski definition) is 4. The molecule has 0 aromatic heterocycles. The SMILES string of the molecule is CS(=O)(=O)c1cc(NC(=O)CC2=CCCCC2)cc(C(=O)O)c1. The van der Waals surface area contributed by atoms with Gasteiger partial charge in [0, 0.05) is 18.4 Å². The largest absolute Gasteiger partial charge is 0.478 e. The number of aromatic carboxylic acids is 1. The van der Waals surface area contributed by atoms with E-state index in [9.17, 15) is 18.0 Å². The molecule has 0 saturated carbocycles. The predicted molar refractivity (Wildman–Crippen MR) is 86.3 cm³/mol. The summed E-state index contributed by atoms with van der Waals surface area (Å²) in [5.74, 6) is -1.53. The van der Waals surface area contributed by atoms with E-state index in [1.807, 2.05) is 0 Å². The van der Waals surface area contributed by atoms with Crippen LogP contribution in [0.25, 0.3) is 0 Å². The Morgan fingerprint density at radius 2 is 1.96 bits per heavy atom. The van der Waals surface area contributed by atoms with Crippen LogP contribution in [0.5, 0.6) is 0 Å². The van der Waals surface area contributed by atoms with Gasteiger partial charge in [-0.15, -0.1) is 0 Å². The highest BCUT2D eigenvalue weighted by atomic mass is 32.2. The van der Waals surface area contributed by atoms with Crippen LogP contribution in [-0.4, -0.2) is 31.7 Å². The summed E-state index contributed by atoms with van der Waals surface area (Å²) in [5, 5.41) is 11.7. The quantitative estimate of drug-likeness (QED) is 0.804. The lowest BCUT2D eigenvalue weighted by molar-refractivity contribution is -0.115. The maximum absolute atomic E-state index is 12.1. The average molecular weight is 337 g/mol. The summed E-state index contributed by atoms with van der Waals surface area (Å²) in [5.41, 5.74) is 1.05. The number of rotatable bonds is 5. The standard InChI is InChI=1S/C16H19NO5S/c1-23(21,22)14-9-12(16(19)20)8-13(10-14)17-15(18)7-11-5-3-2-4-6-11/h5,8-10H,2-4,6-7H2,1H3,(H,17,18)(H,19,20). The number of anilines is 1. The second-order valence-electron chi connectivity index (χ2n) is 5.66. The molecule has 1 aromatic carbocycles. The molecule has 0 fully saturated rings. The average Bonchev–Trinajstić information content (AvgIpc) is 2.46. The zero-order valence-corrected chi connectivity index (χ0v) is 13.6. The molecule has 1 aliphatic carbocycles. The van der Waals surface area contributed by atoms with Crippen molar-refractivity contribution in [3.8, 4) is 0 Å². The highest BCUT2D eigenvalue weighted by molar-refractivity contribution is 7.90. The van der Waals surface area contributed by atoms with E-state index >= 15 is 0 Å². The van der Waals surface area contributed by atoms with E-state index in [0.29, 0.717) is 0 Å². The van der Waals surface area contributed by atoms with Crippen molar-refractivity contribution >= 4 is 27.4 Å². The third-order valence-electron chi connectivity index (χ3n) is 3.64. The Morgan fingerprint density at radius 1 is 1.22 bits per heavy atom. The van der Waals surface area contributed by atoms with Crippen molar-refractivity contribution in [2.75, 3.05) is 11.6 Å². The van der Waals surface area contributed by atoms with Gasteiger partial charge in [0.05, 0.1) is 10.5 Å². The van der Waals surface area contributed by atoms with Gasteiger partial charge >= 0.3 is 5.97 Å². The number of hydrogen-bond donors (Lipinski definition) is 2. The lowest BCUT2D eigenvalue weighted by atomic mass is 9.97. The van der Waals surface area contributed by atoms with Crippen LogP contribution >= 0.6 is 0 Å². The predicted octanol–water partition coefficient (Wildman–Crippen LogP) is 2.62. The van der Waals surface area contributed by atoms with Gasteiger partial charge in [-0.25, -0.2) is 13.2 Å². The van der Waals surface area contributed by atoms with Crippen molar-refractivity contribution in [1.29, 1.82) is 0 Å². The van der Waals surface area contributed by atoms with E-state index in [0.717, 1.165) is 43.6 Å². The Balaban J connectivity index is 2.21. The van der Waals surface area contributed by atoms with Crippen LogP contribution < -0.4 is 5.32 Å². The van der Waals surface area contributed by atoms with Crippen molar-refractivity contribution in [2.45, 2.75) is 37.0 Å². The van der Waals surface area contributed by atoms with E-state index in [1.165, 1.54) is 12.1 Å². The number of amides is 1. The summed E-state index contributed by atoms with van der Waals surface area (Å²) in [6.45, 7) is 0. The van der Waals surface area contributed by atoms with E-state index in [2.05, 4.69) is 11.4 Å². The van der Waals surface area contributed by atoms with Gasteiger partial charge in [0.1, 0.15) is 0 Å². The van der Waals surface area contributed by atoms with Gasteiger partial charge in [-0.1, -0.05) is 11.6 Å². The van der Waals surface area contributed by atoms with Gasteiger partial charge in [0.15, 0.2) is 9.84 Å². The van der Waals surface area contributed by atoms with Crippen molar-refractivity contribution in [2.24, 2.45) is 0 Å². The molecule has 0 spiro atoms. The van der Waals surface area contributed by atoms with E-state index in [1.54, 1.807) is 0 Å². The fraction of sp³-hybridized carbons (Fsp3) is 0.375. The number of allylic oxidation sites excluding steroid dienone is 1. The molecule has 0 atom stereocenters. The minimum atomic E-state index is -3.57. The first-order valence-electron chi connectivity index (χ1n) is 7.32. The summed E-state index contributed by atoms with van der Waals surface area (Å²) >= 11 is 0. The molecule has 0 bridgehead atoms. The molecule has 6 nitrogen and oxygen atoms in total. The molecule has 2 N–H and O–H groups in total. The van der Waals surface area contributed by atoms with Crippen molar-refractivity contribution in [1.82, 2.24) is 0 Å². The van der Waals surface area contributed by atoms with Crippen LogP contribution in [0.15, 0.2) is 34.7 Å². The van der Waals surface area contributed by atoms with Gasteiger partial charge in [-0.2, -0.15) is 0 Å². The number of sulfone groups is 1. The molecule has 23 heavy (non-hydrogen) atoms. The molecule has 1 amide bonds. The molecule has 124 valence electrons. The normalized spacial score (nSPS) is 14.9. The van der Waals surface area contributed by atoms with E-state index in [-0.39, 0.29) is 28.5 Å². The fourth-order valence-corrected chi connectivity index (χ4v) is 3.17. The topological polar surface area (TPSA) is 101 Å². The van der Waals surface area contributed by atoms with Gasteiger partial charge in [0.2, 0.25) is 5.91 Å². The highest BCUT2D eigenvalue weighted by Crippen LogP contribution is 2.22. The summed E-state index contributed by atoms with van der Waals surface area (Å²) in [4.78, 5) is 23.1. The molecular weight excluding hydrogens is 318 g/mol. The molecule has 7 heteroatoms. The first kappa shape index (κ1) is 17.2. The molecule has 1 aromatic rings. The molecular formula is C16H19NO5S.